The van der Waals surface area contributed by atoms with E-state index < -0.39 is 26.9 Å². The van der Waals surface area contributed by atoms with E-state index in [0.29, 0.717) is 5.82 Å². The first-order valence-corrected chi connectivity index (χ1v) is 8.09. The van der Waals surface area contributed by atoms with Crippen LogP contribution in [-0.2, 0) is 27.5 Å². The van der Waals surface area contributed by atoms with E-state index >= 15 is 0 Å². The first kappa shape index (κ1) is 16.5. The van der Waals surface area contributed by atoms with E-state index in [9.17, 15) is 14.2 Å². The van der Waals surface area contributed by atoms with Crippen molar-refractivity contribution in [3.05, 3.63) is 18.2 Å². The number of aliphatic hydroxyl groups is 1. The van der Waals surface area contributed by atoms with Crippen molar-refractivity contribution < 1.29 is 38.5 Å². The Morgan fingerprint density at radius 3 is 2.21 bits per heavy atom. The fourth-order valence-electron chi connectivity index (χ4n) is 1.15. The molecule has 0 saturated heterocycles. The van der Waals surface area contributed by atoms with Crippen molar-refractivity contribution in [2.45, 2.75) is 11.7 Å². The monoisotopic (exact) mass is 316 g/mol. The molecule has 0 radical (unpaired) electrons. The summed E-state index contributed by atoms with van der Waals surface area (Å²) in [5.41, 5.74) is 0. The van der Waals surface area contributed by atoms with Crippen molar-refractivity contribution in [2.75, 3.05) is 6.61 Å². The van der Waals surface area contributed by atoms with E-state index in [-0.39, 0.29) is 6.61 Å². The highest BCUT2D eigenvalue weighted by atomic mass is 31.2. The Kier molecular flexibility index (Phi) is 4.71. The zero-order valence-corrected chi connectivity index (χ0v) is 11.6. The van der Waals surface area contributed by atoms with Gasteiger partial charge in [0.15, 0.2) is 0 Å². The van der Waals surface area contributed by atoms with Crippen LogP contribution in [0.4, 0.5) is 0 Å². The number of ether oxygens (including phenoxy) is 1. The van der Waals surface area contributed by atoms with Crippen LogP contribution in [0.2, 0.25) is 0 Å². The third kappa shape index (κ3) is 3.50. The van der Waals surface area contributed by atoms with Crippen molar-refractivity contribution in [3.8, 4) is 0 Å². The number of rotatable bonds is 6. The van der Waals surface area contributed by atoms with Gasteiger partial charge in [0, 0.05) is 19.4 Å². The molecule has 10 nitrogen and oxygen atoms in total. The van der Waals surface area contributed by atoms with E-state index in [1.165, 1.54) is 10.8 Å². The van der Waals surface area contributed by atoms with Gasteiger partial charge in [0.2, 0.25) is 0 Å². The van der Waals surface area contributed by atoms with Gasteiger partial charge in [0.05, 0.1) is 0 Å². The molecule has 5 N–H and O–H groups in total. The largest absolute Gasteiger partial charge is 0.371 e. The highest BCUT2D eigenvalue weighted by Gasteiger charge is 2.59. The van der Waals surface area contributed by atoms with Crippen molar-refractivity contribution in [2.24, 2.45) is 7.05 Å². The normalized spacial score (nSPS) is 13.8. The van der Waals surface area contributed by atoms with Gasteiger partial charge in [-0.05, 0) is 0 Å². The van der Waals surface area contributed by atoms with Gasteiger partial charge in [-0.3, -0.25) is 9.13 Å². The lowest BCUT2D eigenvalue weighted by molar-refractivity contribution is 0.0150. The zero-order chi connectivity index (χ0) is 14.9. The van der Waals surface area contributed by atoms with E-state index in [1.54, 1.807) is 13.2 Å². The molecule has 1 aromatic heterocycles. The summed E-state index contributed by atoms with van der Waals surface area (Å²) in [5, 5.41) is 5.94. The minimum Gasteiger partial charge on any atom is -0.369 e. The predicted octanol–water partition coefficient (Wildman–Crippen LogP) is -1.06. The Morgan fingerprint density at radius 1 is 1.32 bits per heavy atom. The molecule has 12 heteroatoms. The van der Waals surface area contributed by atoms with Crippen LogP contribution < -0.4 is 0 Å². The van der Waals surface area contributed by atoms with Gasteiger partial charge in [-0.2, -0.15) is 0 Å². The van der Waals surface area contributed by atoms with Crippen LogP contribution >= 0.6 is 15.2 Å². The SMILES string of the molecule is Cn1ccnc1COCC(O)(P(=O)(O)O)P(=O)(O)O. The van der Waals surface area contributed by atoms with Crippen molar-refractivity contribution in [3.63, 3.8) is 0 Å². The van der Waals surface area contributed by atoms with Crippen molar-refractivity contribution in [1.29, 1.82) is 0 Å². The molecule has 1 rings (SSSR count). The third-order valence-corrected chi connectivity index (χ3v) is 6.07. The molecule has 0 saturated carbocycles. The van der Waals surface area contributed by atoms with Crippen molar-refractivity contribution >= 4 is 15.2 Å². The molecule has 0 unspecified atom stereocenters. The lowest BCUT2D eigenvalue weighted by Gasteiger charge is -2.28. The summed E-state index contributed by atoms with van der Waals surface area (Å²) in [7, 11) is -9.35. The summed E-state index contributed by atoms with van der Waals surface area (Å²) >= 11 is 0. The molecule has 0 bridgehead atoms. The molecule has 19 heavy (non-hydrogen) atoms. The lowest BCUT2D eigenvalue weighted by Crippen LogP contribution is -2.34. The van der Waals surface area contributed by atoms with Crippen LogP contribution in [0.25, 0.3) is 0 Å². The summed E-state index contributed by atoms with van der Waals surface area (Å²) in [5.74, 6) is 0.360. The molecule has 0 fully saturated rings. The first-order valence-electron chi connectivity index (χ1n) is 4.86. The number of imidazole rings is 1. The highest BCUT2D eigenvalue weighted by molar-refractivity contribution is 7.72. The molecule has 0 aliphatic heterocycles. The standard InChI is InChI=1S/C7H14N2O8P2/c1-9-3-2-8-6(9)4-17-5-7(10,18(11,12)13)19(14,15)16/h2-3,10H,4-5H2,1H3,(H2,11,12,13)(H2,14,15,16). The highest BCUT2D eigenvalue weighted by Crippen LogP contribution is 2.67. The van der Waals surface area contributed by atoms with Crippen molar-refractivity contribution in [1.82, 2.24) is 9.55 Å². The molecular weight excluding hydrogens is 302 g/mol. The minimum atomic E-state index is -5.49. The van der Waals surface area contributed by atoms with Crippen LogP contribution in [0.3, 0.4) is 0 Å². The molecular formula is C7H14N2O8P2. The number of nitrogens with zero attached hydrogens (tertiary/aromatic N) is 2. The molecule has 0 amide bonds. The van der Waals surface area contributed by atoms with E-state index in [1.807, 2.05) is 0 Å². The molecule has 0 aromatic carbocycles. The summed E-state index contributed by atoms with van der Waals surface area (Å²) in [4.78, 5) is 39.2. The van der Waals surface area contributed by atoms with Gasteiger partial charge in [-0.1, -0.05) is 0 Å². The lowest BCUT2D eigenvalue weighted by atomic mass is 10.6. The van der Waals surface area contributed by atoms with Crippen LogP contribution in [0.1, 0.15) is 5.82 Å². The van der Waals surface area contributed by atoms with Crippen LogP contribution in [-0.4, -0.2) is 45.9 Å². The molecule has 0 aliphatic carbocycles. The minimum absolute atomic E-state index is 0.272. The predicted molar refractivity (Wildman–Crippen MR) is 61.9 cm³/mol. The average molecular weight is 316 g/mol. The molecule has 110 valence electrons. The summed E-state index contributed by atoms with van der Waals surface area (Å²) in [6, 6.07) is 0. The van der Waals surface area contributed by atoms with Crippen LogP contribution in [0.5, 0.6) is 0 Å². The van der Waals surface area contributed by atoms with Gasteiger partial charge in [0.25, 0.3) is 5.08 Å². The maximum absolute atomic E-state index is 11.0. The quantitative estimate of drug-likeness (QED) is 0.411. The Labute approximate surface area is 108 Å². The Hall–Kier alpha value is -0.570. The number of aryl methyl sites for hydroxylation is 1. The molecule has 0 spiro atoms. The zero-order valence-electron chi connectivity index (χ0n) is 9.82. The maximum atomic E-state index is 11.0. The summed E-state index contributed by atoms with van der Waals surface area (Å²) < 4.78 is 28.3. The van der Waals surface area contributed by atoms with Gasteiger partial charge in [-0.25, -0.2) is 4.98 Å². The number of hydrogen-bond acceptors (Lipinski definition) is 5. The third-order valence-electron chi connectivity index (χ3n) is 2.38. The average Bonchev–Trinajstić information content (AvgIpc) is 2.61. The second-order valence-corrected chi connectivity index (χ2v) is 7.82. The first-order chi connectivity index (χ1) is 8.49. The van der Waals surface area contributed by atoms with Crippen LogP contribution in [0.15, 0.2) is 12.4 Å². The second kappa shape index (κ2) is 5.43. The van der Waals surface area contributed by atoms with E-state index in [0.717, 1.165) is 0 Å². The number of hydrogen-bond donors (Lipinski definition) is 5. The molecule has 0 atom stereocenters. The Balaban J connectivity index is 2.80. The van der Waals surface area contributed by atoms with E-state index in [2.05, 4.69) is 4.98 Å². The smallest absolute Gasteiger partial charge is 0.369 e. The molecule has 0 aliphatic rings. The Morgan fingerprint density at radius 2 is 1.84 bits per heavy atom. The van der Waals surface area contributed by atoms with Crippen LogP contribution in [0, 0.1) is 0 Å². The fourth-order valence-corrected chi connectivity index (χ4v) is 3.03. The van der Waals surface area contributed by atoms with E-state index in [4.69, 9.17) is 24.3 Å². The van der Waals surface area contributed by atoms with Gasteiger partial charge in [-0.15, -0.1) is 0 Å². The second-order valence-electron chi connectivity index (χ2n) is 3.81. The topological polar surface area (TPSA) is 162 Å². The van der Waals surface area contributed by atoms with Gasteiger partial charge < -0.3 is 34.0 Å². The van der Waals surface area contributed by atoms with Gasteiger partial charge >= 0.3 is 15.2 Å². The molecule has 1 heterocycles. The Bertz CT molecular complexity index is 509. The molecule has 1 aromatic rings. The van der Waals surface area contributed by atoms with Gasteiger partial charge in [0.1, 0.15) is 19.0 Å². The summed E-state index contributed by atoms with van der Waals surface area (Å²) in [6.45, 7) is -1.50. The summed E-state index contributed by atoms with van der Waals surface area (Å²) in [6.07, 6.45) is 3.02. The number of aromatic nitrogens is 2. The fraction of sp³-hybridized carbons (Fsp3) is 0.571. The maximum Gasteiger partial charge on any atom is 0.371 e.